The van der Waals surface area contributed by atoms with Crippen molar-refractivity contribution in [2.75, 3.05) is 6.54 Å². The van der Waals surface area contributed by atoms with Crippen LogP contribution in [0.2, 0.25) is 0 Å². The van der Waals surface area contributed by atoms with Gasteiger partial charge in [0.05, 0.1) is 0 Å². The summed E-state index contributed by atoms with van der Waals surface area (Å²) in [6.07, 6.45) is 0. The molecule has 0 unspecified atom stereocenters. The Kier molecular flexibility index (Phi) is 2.70. The highest BCUT2D eigenvalue weighted by molar-refractivity contribution is 5.70. The zero-order chi connectivity index (χ0) is 8.97. The third kappa shape index (κ3) is 1.56. The minimum atomic E-state index is 0.217. The molecule has 0 aromatic heterocycles. The van der Waals surface area contributed by atoms with Crippen molar-refractivity contribution in [1.82, 2.24) is 0 Å². The Morgan fingerprint density at radius 2 is 2.17 bits per heavy atom. The van der Waals surface area contributed by atoms with Gasteiger partial charge in [0, 0.05) is 17.7 Å². The lowest BCUT2D eigenvalue weighted by atomic mass is 10.1. The molecule has 0 saturated carbocycles. The van der Waals surface area contributed by atoms with Crippen molar-refractivity contribution >= 4 is 5.57 Å². The molecular weight excluding hydrogens is 150 g/mol. The number of benzene rings is 1. The maximum Gasteiger partial charge on any atom is 0.123 e. The minimum absolute atomic E-state index is 0.217. The first kappa shape index (κ1) is 8.60. The summed E-state index contributed by atoms with van der Waals surface area (Å²) in [5, 5.41) is 9.40. The number of phenolic OH excluding ortho intramolecular Hbond substituents is 1. The van der Waals surface area contributed by atoms with Gasteiger partial charge >= 0.3 is 0 Å². The highest BCUT2D eigenvalue weighted by Crippen LogP contribution is 2.22. The van der Waals surface area contributed by atoms with E-state index >= 15 is 0 Å². The lowest BCUT2D eigenvalue weighted by Gasteiger charge is -2.03. The summed E-state index contributed by atoms with van der Waals surface area (Å²) in [6.45, 7) is 3.83. The molecule has 3 N–H and O–H groups in total. The highest BCUT2D eigenvalue weighted by Gasteiger charge is 2.02. The Labute approximate surface area is 71.6 Å². The first-order chi connectivity index (χ1) is 5.79. The highest BCUT2D eigenvalue weighted by atomic mass is 16.3. The number of hydrogen-bond donors (Lipinski definition) is 2. The lowest BCUT2D eigenvalue weighted by Crippen LogP contribution is -2.01. The van der Waals surface area contributed by atoms with Crippen LogP contribution in [0.4, 0.5) is 0 Å². The van der Waals surface area contributed by atoms with Crippen LogP contribution in [0.25, 0.3) is 5.57 Å². The lowest BCUT2D eigenvalue weighted by molar-refractivity contribution is 0.473. The quantitative estimate of drug-likeness (QED) is 0.646. The summed E-state index contributed by atoms with van der Waals surface area (Å²) in [4.78, 5) is 0. The van der Waals surface area contributed by atoms with Crippen LogP contribution in [0.1, 0.15) is 5.56 Å². The number of para-hydroxylation sites is 1. The topological polar surface area (TPSA) is 46.2 Å². The fourth-order valence-electron chi connectivity index (χ4n) is 1.01. The van der Waals surface area contributed by atoms with Gasteiger partial charge in [0.1, 0.15) is 5.75 Å². The molecule has 1 rings (SSSR count). The van der Waals surface area contributed by atoms with Crippen molar-refractivity contribution in [3.05, 3.63) is 42.1 Å². The van der Waals surface area contributed by atoms with E-state index in [9.17, 15) is 5.11 Å². The second-order valence-corrected chi connectivity index (χ2v) is 2.38. The summed E-state index contributed by atoms with van der Waals surface area (Å²) in [5.41, 5.74) is 9.56. The van der Waals surface area contributed by atoms with Crippen LogP contribution in [0.3, 0.4) is 0 Å². The number of nitrogens with two attached hydrogens (primary N) is 1. The van der Waals surface area contributed by atoms with Crippen LogP contribution in [0.15, 0.2) is 36.6 Å². The van der Waals surface area contributed by atoms with E-state index in [1.807, 2.05) is 6.07 Å². The summed E-state index contributed by atoms with van der Waals surface area (Å²) < 4.78 is 0. The van der Waals surface area contributed by atoms with Crippen molar-refractivity contribution in [1.29, 1.82) is 0 Å². The monoisotopic (exact) mass is 161 g/mol. The van der Waals surface area contributed by atoms with Gasteiger partial charge in [0.15, 0.2) is 0 Å². The van der Waals surface area contributed by atoms with E-state index in [2.05, 4.69) is 12.3 Å². The van der Waals surface area contributed by atoms with Gasteiger partial charge in [-0.2, -0.15) is 0 Å². The number of hydrogen-bond acceptors (Lipinski definition) is 2. The molecule has 1 aromatic rings. The van der Waals surface area contributed by atoms with Gasteiger partial charge in [0.2, 0.25) is 0 Å². The number of rotatable bonds is 2. The third-order valence-electron chi connectivity index (χ3n) is 1.65. The molecule has 0 aliphatic heterocycles. The Morgan fingerprint density at radius 3 is 2.67 bits per heavy atom. The van der Waals surface area contributed by atoms with Crippen LogP contribution in [-0.2, 0) is 0 Å². The van der Waals surface area contributed by atoms with E-state index in [4.69, 9.17) is 5.73 Å². The maximum absolute atomic E-state index is 9.40. The van der Waals surface area contributed by atoms with Crippen LogP contribution >= 0.6 is 0 Å². The zero-order valence-electron chi connectivity index (χ0n) is 6.75. The smallest absolute Gasteiger partial charge is 0.123 e. The summed E-state index contributed by atoms with van der Waals surface area (Å²) in [6, 6.07) is 7.00. The molecule has 2 nitrogen and oxygen atoms in total. The molecule has 0 bridgehead atoms. The van der Waals surface area contributed by atoms with E-state index in [1.165, 1.54) is 0 Å². The van der Waals surface area contributed by atoms with Gasteiger partial charge < -0.3 is 10.8 Å². The van der Waals surface area contributed by atoms with Crippen LogP contribution in [0.5, 0.6) is 5.75 Å². The first-order valence-electron chi connectivity index (χ1n) is 3.67. The molecule has 0 atom stereocenters. The molecule has 1 aromatic carbocycles. The van der Waals surface area contributed by atoms with E-state index in [0.717, 1.165) is 5.57 Å². The van der Waals surface area contributed by atoms with Crippen molar-refractivity contribution in [2.24, 2.45) is 5.73 Å². The van der Waals surface area contributed by atoms with Gasteiger partial charge in [-0.05, 0) is 6.07 Å². The third-order valence-corrected chi connectivity index (χ3v) is 1.65. The average Bonchev–Trinajstić information content (AvgIpc) is 2.10. The minimum Gasteiger partial charge on any atom is -0.507 e. The van der Waals surface area contributed by atoms with Crippen molar-refractivity contribution in [3.63, 3.8) is 0 Å². The second-order valence-electron chi connectivity index (χ2n) is 2.38. The molecule has 62 valence electrons. The standard InChI is InChI=1S/C10H11NO/c1-2-8(7-11)9-5-3-4-6-10(9)12/h3-6,12H,1,7,11H2. The predicted molar refractivity (Wildman–Crippen MR) is 49.7 cm³/mol. The molecule has 12 heavy (non-hydrogen) atoms. The van der Waals surface area contributed by atoms with Crippen LogP contribution < -0.4 is 5.73 Å². The van der Waals surface area contributed by atoms with Crippen LogP contribution in [-0.4, -0.2) is 11.7 Å². The first-order valence-corrected chi connectivity index (χ1v) is 3.67. The van der Waals surface area contributed by atoms with Crippen molar-refractivity contribution < 1.29 is 5.11 Å². The van der Waals surface area contributed by atoms with Gasteiger partial charge in [0.25, 0.3) is 0 Å². The number of aromatic hydroxyl groups is 1. The SMILES string of the molecule is C=C=C(CN)c1ccccc1O. The molecule has 0 amide bonds. The van der Waals surface area contributed by atoms with E-state index < -0.39 is 0 Å². The van der Waals surface area contributed by atoms with Gasteiger partial charge in [-0.15, -0.1) is 5.73 Å². The van der Waals surface area contributed by atoms with Crippen molar-refractivity contribution in [2.45, 2.75) is 0 Å². The molecule has 0 saturated heterocycles. The Bertz CT molecular complexity index is 324. The van der Waals surface area contributed by atoms with Gasteiger partial charge in [-0.1, -0.05) is 24.8 Å². The molecule has 0 fully saturated rings. The van der Waals surface area contributed by atoms with Gasteiger partial charge in [-0.3, -0.25) is 0 Å². The average molecular weight is 161 g/mol. The zero-order valence-corrected chi connectivity index (χ0v) is 6.75. The molecule has 2 heteroatoms. The fourth-order valence-corrected chi connectivity index (χ4v) is 1.01. The predicted octanol–water partition coefficient (Wildman–Crippen LogP) is 1.52. The largest absolute Gasteiger partial charge is 0.507 e. The Hall–Kier alpha value is -1.50. The molecule has 0 aliphatic rings. The molecule has 0 aliphatic carbocycles. The van der Waals surface area contributed by atoms with E-state index in [0.29, 0.717) is 12.1 Å². The molecule has 0 radical (unpaired) electrons. The van der Waals surface area contributed by atoms with E-state index in [-0.39, 0.29) is 5.75 Å². The maximum atomic E-state index is 9.40. The molecule has 0 spiro atoms. The number of phenols is 1. The molecular formula is C10H11NO. The summed E-state index contributed by atoms with van der Waals surface area (Å²) in [5.74, 6) is 0.217. The summed E-state index contributed by atoms with van der Waals surface area (Å²) >= 11 is 0. The van der Waals surface area contributed by atoms with Gasteiger partial charge in [-0.25, -0.2) is 0 Å². The van der Waals surface area contributed by atoms with Crippen LogP contribution in [0, 0.1) is 0 Å². The Balaban J connectivity index is 3.18. The normalized spacial score (nSPS) is 9.08. The second kappa shape index (κ2) is 3.77. The van der Waals surface area contributed by atoms with Crippen molar-refractivity contribution in [3.8, 4) is 5.75 Å². The fraction of sp³-hybridized carbons (Fsp3) is 0.100. The summed E-state index contributed by atoms with van der Waals surface area (Å²) in [7, 11) is 0. The van der Waals surface area contributed by atoms with E-state index in [1.54, 1.807) is 18.2 Å². The Morgan fingerprint density at radius 1 is 1.50 bits per heavy atom. The molecule has 0 heterocycles.